The van der Waals surface area contributed by atoms with Gasteiger partial charge in [0, 0.05) is 25.2 Å². The van der Waals surface area contributed by atoms with Crippen LogP contribution in [0.15, 0.2) is 18.2 Å². The summed E-state index contributed by atoms with van der Waals surface area (Å²) in [6, 6.07) is 6.85. The van der Waals surface area contributed by atoms with E-state index in [0.717, 1.165) is 12.0 Å². The molecule has 3 nitrogen and oxygen atoms in total. The van der Waals surface area contributed by atoms with Crippen molar-refractivity contribution < 1.29 is 9.90 Å². The lowest BCUT2D eigenvalue weighted by atomic mass is 10.0. The second-order valence-corrected chi connectivity index (χ2v) is 4.52. The van der Waals surface area contributed by atoms with E-state index in [1.807, 2.05) is 6.07 Å². The van der Waals surface area contributed by atoms with Gasteiger partial charge in [-0.15, -0.1) is 0 Å². The van der Waals surface area contributed by atoms with E-state index in [2.05, 4.69) is 31.0 Å². The maximum Gasteiger partial charge on any atom is 0.303 e. The Labute approximate surface area is 95.7 Å². The molecule has 0 aromatic heterocycles. The highest BCUT2D eigenvalue weighted by Gasteiger charge is 2.22. The van der Waals surface area contributed by atoms with Gasteiger partial charge in [0.15, 0.2) is 0 Å². The van der Waals surface area contributed by atoms with Crippen LogP contribution in [-0.2, 0) is 17.6 Å². The van der Waals surface area contributed by atoms with Crippen LogP contribution in [0.1, 0.15) is 24.5 Å². The number of aryl methyl sites for hydroxylation is 1. The first kappa shape index (κ1) is 11.0. The molecular formula is C13H17NO2. The van der Waals surface area contributed by atoms with Crippen LogP contribution >= 0.6 is 0 Å². The van der Waals surface area contributed by atoms with E-state index in [1.54, 1.807) is 0 Å². The van der Waals surface area contributed by atoms with Crippen molar-refractivity contribution in [3.05, 3.63) is 29.3 Å². The molecule has 1 aromatic rings. The summed E-state index contributed by atoms with van der Waals surface area (Å²) in [7, 11) is 2.09. The number of anilines is 1. The summed E-state index contributed by atoms with van der Waals surface area (Å²) in [5, 5.41) is 8.65. The average Bonchev–Trinajstić information content (AvgIpc) is 2.52. The normalized spacial score (nSPS) is 18.6. The lowest BCUT2D eigenvalue weighted by Gasteiger charge is -2.18. The zero-order valence-electron chi connectivity index (χ0n) is 9.73. The fourth-order valence-corrected chi connectivity index (χ4v) is 2.21. The number of nitrogens with zero attached hydrogens (tertiary/aromatic N) is 1. The van der Waals surface area contributed by atoms with Crippen LogP contribution in [0.2, 0.25) is 0 Å². The number of rotatable bonds is 3. The maximum absolute atomic E-state index is 10.5. The zero-order chi connectivity index (χ0) is 11.7. The summed E-state index contributed by atoms with van der Waals surface area (Å²) in [6.45, 7) is 2.21. The number of fused-ring (bicyclic) bond motifs is 1. The molecule has 86 valence electrons. The molecule has 1 aliphatic rings. The first-order valence-electron chi connectivity index (χ1n) is 5.64. The molecule has 3 heteroatoms. The monoisotopic (exact) mass is 219 g/mol. The van der Waals surface area contributed by atoms with Crippen molar-refractivity contribution in [1.29, 1.82) is 0 Å². The van der Waals surface area contributed by atoms with Crippen molar-refractivity contribution in [2.45, 2.75) is 32.2 Å². The number of hydrogen-bond donors (Lipinski definition) is 1. The topological polar surface area (TPSA) is 40.5 Å². The molecule has 16 heavy (non-hydrogen) atoms. The van der Waals surface area contributed by atoms with Gasteiger partial charge in [-0.25, -0.2) is 0 Å². The van der Waals surface area contributed by atoms with Crippen LogP contribution in [0.25, 0.3) is 0 Å². The molecule has 0 saturated carbocycles. The Morgan fingerprint density at radius 2 is 2.31 bits per heavy atom. The third-order valence-corrected chi connectivity index (χ3v) is 3.33. The first-order valence-corrected chi connectivity index (χ1v) is 5.64. The Bertz CT molecular complexity index is 414. The van der Waals surface area contributed by atoms with Crippen molar-refractivity contribution in [1.82, 2.24) is 0 Å². The van der Waals surface area contributed by atoms with Gasteiger partial charge in [0.25, 0.3) is 0 Å². The summed E-state index contributed by atoms with van der Waals surface area (Å²) in [5.74, 6) is -0.734. The van der Waals surface area contributed by atoms with E-state index in [1.165, 1.54) is 11.3 Å². The fraction of sp³-hybridized carbons (Fsp3) is 0.462. The van der Waals surface area contributed by atoms with Gasteiger partial charge in [-0.3, -0.25) is 4.79 Å². The van der Waals surface area contributed by atoms with Gasteiger partial charge in [0.2, 0.25) is 0 Å². The number of hydrogen-bond acceptors (Lipinski definition) is 2. The summed E-state index contributed by atoms with van der Waals surface area (Å²) in [5.41, 5.74) is 3.74. The van der Waals surface area contributed by atoms with Gasteiger partial charge < -0.3 is 10.0 Å². The smallest absolute Gasteiger partial charge is 0.303 e. The highest BCUT2D eigenvalue weighted by molar-refractivity contribution is 5.67. The number of benzene rings is 1. The van der Waals surface area contributed by atoms with E-state index >= 15 is 0 Å². The average molecular weight is 219 g/mol. The van der Waals surface area contributed by atoms with Crippen LogP contribution in [0.4, 0.5) is 5.69 Å². The molecule has 0 spiro atoms. The molecule has 0 bridgehead atoms. The zero-order valence-corrected chi connectivity index (χ0v) is 9.73. The highest BCUT2D eigenvalue weighted by Crippen LogP contribution is 2.31. The number of carboxylic acids is 1. The number of likely N-dealkylation sites (N-methyl/N-ethyl adjacent to an activating group) is 1. The molecule has 1 N–H and O–H groups in total. The molecule has 2 rings (SSSR count). The summed E-state index contributed by atoms with van der Waals surface area (Å²) >= 11 is 0. The number of carboxylic acid groups (broad SMARTS) is 1. The Kier molecular flexibility index (Phi) is 2.86. The summed E-state index contributed by atoms with van der Waals surface area (Å²) in [6.07, 6.45) is 1.91. The molecule has 0 saturated heterocycles. The molecule has 0 radical (unpaired) electrons. The quantitative estimate of drug-likeness (QED) is 0.846. The van der Waals surface area contributed by atoms with E-state index in [4.69, 9.17) is 5.11 Å². The molecule has 0 amide bonds. The molecule has 1 heterocycles. The van der Waals surface area contributed by atoms with E-state index in [-0.39, 0.29) is 6.42 Å². The molecule has 1 unspecified atom stereocenters. The highest BCUT2D eigenvalue weighted by atomic mass is 16.4. The van der Waals surface area contributed by atoms with Crippen LogP contribution in [0.3, 0.4) is 0 Å². The van der Waals surface area contributed by atoms with Crippen molar-refractivity contribution in [3.63, 3.8) is 0 Å². The molecule has 0 aliphatic carbocycles. The first-order chi connectivity index (χ1) is 7.58. The third-order valence-electron chi connectivity index (χ3n) is 3.33. The minimum atomic E-state index is -0.734. The lowest BCUT2D eigenvalue weighted by molar-refractivity contribution is -0.136. The molecular weight excluding hydrogens is 202 g/mol. The molecule has 1 atom stereocenters. The largest absolute Gasteiger partial charge is 0.481 e. The van der Waals surface area contributed by atoms with Crippen molar-refractivity contribution in [2.75, 3.05) is 11.9 Å². The minimum absolute atomic E-state index is 0.206. The standard InChI is InChI=1S/C13H17NO2/c1-9-7-11-5-3-10(4-6-13(15)16)8-12(11)14(9)2/h3,5,8-9H,4,6-7H2,1-2H3,(H,15,16). The minimum Gasteiger partial charge on any atom is -0.481 e. The number of aliphatic carboxylic acids is 1. The Hall–Kier alpha value is -1.51. The van der Waals surface area contributed by atoms with E-state index < -0.39 is 5.97 Å². The number of carbonyl (C=O) groups is 1. The second kappa shape index (κ2) is 4.16. The van der Waals surface area contributed by atoms with E-state index in [0.29, 0.717) is 12.5 Å². The van der Waals surface area contributed by atoms with Gasteiger partial charge in [-0.1, -0.05) is 12.1 Å². The Morgan fingerprint density at radius 1 is 1.56 bits per heavy atom. The van der Waals surface area contributed by atoms with Gasteiger partial charge in [0.05, 0.1) is 0 Å². The van der Waals surface area contributed by atoms with Crippen LogP contribution < -0.4 is 4.90 Å². The van der Waals surface area contributed by atoms with Gasteiger partial charge in [-0.05, 0) is 37.0 Å². The molecule has 0 fully saturated rings. The fourth-order valence-electron chi connectivity index (χ4n) is 2.21. The molecule has 1 aliphatic heterocycles. The van der Waals surface area contributed by atoms with Crippen molar-refractivity contribution in [3.8, 4) is 0 Å². The Morgan fingerprint density at radius 3 is 3.00 bits per heavy atom. The van der Waals surface area contributed by atoms with Crippen molar-refractivity contribution >= 4 is 11.7 Å². The molecule has 1 aromatic carbocycles. The summed E-state index contributed by atoms with van der Waals surface area (Å²) < 4.78 is 0. The van der Waals surface area contributed by atoms with E-state index in [9.17, 15) is 4.79 Å². The predicted octanol–water partition coefficient (Wildman–Crippen LogP) is 2.08. The summed E-state index contributed by atoms with van der Waals surface area (Å²) in [4.78, 5) is 12.8. The van der Waals surface area contributed by atoms with Crippen LogP contribution in [0, 0.1) is 0 Å². The van der Waals surface area contributed by atoms with Crippen molar-refractivity contribution in [2.24, 2.45) is 0 Å². The maximum atomic E-state index is 10.5. The predicted molar refractivity (Wildman–Crippen MR) is 64.0 cm³/mol. The van der Waals surface area contributed by atoms with Gasteiger partial charge in [0.1, 0.15) is 0 Å². The second-order valence-electron chi connectivity index (χ2n) is 4.52. The SMILES string of the molecule is CC1Cc2ccc(CCC(=O)O)cc2N1C. The lowest BCUT2D eigenvalue weighted by Crippen LogP contribution is -2.23. The van der Waals surface area contributed by atoms with Crippen LogP contribution in [-0.4, -0.2) is 24.2 Å². The van der Waals surface area contributed by atoms with Gasteiger partial charge in [-0.2, -0.15) is 0 Å². The third kappa shape index (κ3) is 2.03. The van der Waals surface area contributed by atoms with Crippen LogP contribution in [0.5, 0.6) is 0 Å². The Balaban J connectivity index is 2.17. The van der Waals surface area contributed by atoms with Gasteiger partial charge >= 0.3 is 5.97 Å².